The molecular formula is C13H17N3O4. The third-order valence-corrected chi connectivity index (χ3v) is 3.56. The zero-order chi connectivity index (χ0) is 13.9. The number of benzene rings is 1. The first-order valence-electron chi connectivity index (χ1n) is 6.79. The second kappa shape index (κ2) is 5.54. The largest absolute Gasteiger partial charge is 0.486 e. The van der Waals surface area contributed by atoms with Crippen LogP contribution in [0.1, 0.15) is 12.8 Å². The van der Waals surface area contributed by atoms with Crippen molar-refractivity contribution >= 4 is 11.4 Å². The van der Waals surface area contributed by atoms with E-state index >= 15 is 0 Å². The molecule has 7 heteroatoms. The second-order valence-electron chi connectivity index (χ2n) is 4.94. The van der Waals surface area contributed by atoms with Crippen molar-refractivity contribution in [1.82, 2.24) is 5.32 Å². The maximum absolute atomic E-state index is 11.2. The van der Waals surface area contributed by atoms with E-state index in [0.717, 1.165) is 25.9 Å². The van der Waals surface area contributed by atoms with Crippen LogP contribution in [0.25, 0.3) is 0 Å². The fourth-order valence-corrected chi connectivity index (χ4v) is 2.53. The molecule has 1 fully saturated rings. The number of piperidine rings is 1. The Morgan fingerprint density at radius 3 is 2.50 bits per heavy atom. The number of hydrogen-bond donors (Lipinski definition) is 2. The lowest BCUT2D eigenvalue weighted by Crippen LogP contribution is -2.35. The molecule has 7 nitrogen and oxygen atoms in total. The maximum Gasteiger partial charge on any atom is 0.296 e. The van der Waals surface area contributed by atoms with Gasteiger partial charge in [-0.1, -0.05) is 0 Å². The molecule has 0 saturated carbocycles. The highest BCUT2D eigenvalue weighted by molar-refractivity contribution is 5.69. The van der Waals surface area contributed by atoms with Crippen LogP contribution in [0.15, 0.2) is 12.1 Å². The molecule has 2 aliphatic heterocycles. The summed E-state index contributed by atoms with van der Waals surface area (Å²) in [7, 11) is 0. The van der Waals surface area contributed by atoms with Crippen LogP contribution in [0.5, 0.6) is 11.5 Å². The number of hydrogen-bond acceptors (Lipinski definition) is 6. The lowest BCUT2D eigenvalue weighted by molar-refractivity contribution is -0.384. The Morgan fingerprint density at radius 1 is 1.20 bits per heavy atom. The number of fused-ring (bicyclic) bond motifs is 1. The predicted octanol–water partition coefficient (Wildman–Crippen LogP) is 1.53. The minimum absolute atomic E-state index is 0.0350. The molecule has 1 aromatic rings. The van der Waals surface area contributed by atoms with E-state index in [2.05, 4.69) is 10.6 Å². The highest BCUT2D eigenvalue weighted by atomic mass is 16.6. The van der Waals surface area contributed by atoms with Crippen LogP contribution < -0.4 is 20.1 Å². The summed E-state index contributed by atoms with van der Waals surface area (Å²) in [6, 6.07) is 3.37. The normalized spacial score (nSPS) is 18.6. The minimum Gasteiger partial charge on any atom is -0.486 e. The van der Waals surface area contributed by atoms with E-state index in [4.69, 9.17) is 9.47 Å². The van der Waals surface area contributed by atoms with Crippen molar-refractivity contribution in [3.8, 4) is 11.5 Å². The summed E-state index contributed by atoms with van der Waals surface area (Å²) in [6.45, 7) is 2.74. The number of nitro benzene ring substituents is 1. The summed E-state index contributed by atoms with van der Waals surface area (Å²) in [5.74, 6) is 1.01. The van der Waals surface area contributed by atoms with Gasteiger partial charge in [-0.25, -0.2) is 0 Å². The van der Waals surface area contributed by atoms with Crippen LogP contribution >= 0.6 is 0 Å². The summed E-state index contributed by atoms with van der Waals surface area (Å²) in [5.41, 5.74) is 0.541. The van der Waals surface area contributed by atoms with Crippen molar-refractivity contribution in [2.45, 2.75) is 18.9 Å². The first kappa shape index (κ1) is 13.0. The Balaban J connectivity index is 1.88. The number of rotatable bonds is 3. The van der Waals surface area contributed by atoms with E-state index in [1.807, 2.05) is 0 Å². The lowest BCUT2D eigenvalue weighted by atomic mass is 10.1. The third-order valence-electron chi connectivity index (χ3n) is 3.56. The molecule has 3 rings (SSSR count). The fraction of sp³-hybridized carbons (Fsp3) is 0.538. The molecule has 0 bridgehead atoms. The Bertz CT molecular complexity index is 515. The fourth-order valence-electron chi connectivity index (χ4n) is 2.53. The van der Waals surface area contributed by atoms with Gasteiger partial charge in [-0.2, -0.15) is 0 Å². The van der Waals surface area contributed by atoms with Crippen LogP contribution in [0.2, 0.25) is 0 Å². The summed E-state index contributed by atoms with van der Waals surface area (Å²) >= 11 is 0. The Hall–Kier alpha value is -2.02. The summed E-state index contributed by atoms with van der Waals surface area (Å²) in [4.78, 5) is 10.8. The van der Waals surface area contributed by atoms with Crippen molar-refractivity contribution in [2.24, 2.45) is 0 Å². The van der Waals surface area contributed by atoms with Crippen molar-refractivity contribution in [2.75, 3.05) is 31.6 Å². The third kappa shape index (κ3) is 2.62. The molecule has 0 spiro atoms. The smallest absolute Gasteiger partial charge is 0.296 e. The molecule has 0 aromatic heterocycles. The molecule has 20 heavy (non-hydrogen) atoms. The van der Waals surface area contributed by atoms with Crippen LogP contribution in [0.3, 0.4) is 0 Å². The van der Waals surface area contributed by atoms with Gasteiger partial charge in [0.15, 0.2) is 11.5 Å². The van der Waals surface area contributed by atoms with Gasteiger partial charge < -0.3 is 20.1 Å². The van der Waals surface area contributed by atoms with Gasteiger partial charge in [0.1, 0.15) is 18.9 Å². The van der Waals surface area contributed by atoms with Crippen LogP contribution in [0, 0.1) is 10.1 Å². The van der Waals surface area contributed by atoms with Gasteiger partial charge in [-0.05, 0) is 25.9 Å². The van der Waals surface area contributed by atoms with Gasteiger partial charge in [0.25, 0.3) is 5.69 Å². The van der Waals surface area contributed by atoms with Crippen LogP contribution in [-0.2, 0) is 0 Å². The van der Waals surface area contributed by atoms with Crippen LogP contribution in [0.4, 0.5) is 11.4 Å². The quantitative estimate of drug-likeness (QED) is 0.644. The number of nitro groups is 1. The predicted molar refractivity (Wildman–Crippen MR) is 73.6 cm³/mol. The average molecular weight is 279 g/mol. The first-order chi connectivity index (χ1) is 9.74. The molecule has 0 atom stereocenters. The number of nitrogens with zero attached hydrogens (tertiary/aromatic N) is 1. The zero-order valence-electron chi connectivity index (χ0n) is 11.1. The van der Waals surface area contributed by atoms with Gasteiger partial charge in [-0.3, -0.25) is 10.1 Å². The van der Waals surface area contributed by atoms with Crippen LogP contribution in [-0.4, -0.2) is 37.3 Å². The number of ether oxygens (including phenoxy) is 2. The molecular weight excluding hydrogens is 262 g/mol. The molecule has 108 valence electrons. The van der Waals surface area contributed by atoms with Crippen molar-refractivity contribution < 1.29 is 14.4 Å². The van der Waals surface area contributed by atoms with Gasteiger partial charge in [0.2, 0.25) is 0 Å². The van der Waals surface area contributed by atoms with E-state index in [-0.39, 0.29) is 16.7 Å². The molecule has 2 aliphatic rings. The Morgan fingerprint density at radius 2 is 1.85 bits per heavy atom. The highest BCUT2D eigenvalue weighted by Gasteiger charge is 2.24. The van der Waals surface area contributed by atoms with Crippen molar-refractivity contribution in [3.63, 3.8) is 0 Å². The SMILES string of the molecule is O=[N+]([O-])c1cc2c(cc1NC1CCNCC1)OCCO2. The molecule has 1 saturated heterocycles. The zero-order valence-corrected chi connectivity index (χ0v) is 11.1. The molecule has 1 aromatic carbocycles. The molecule has 0 unspecified atom stereocenters. The van der Waals surface area contributed by atoms with Gasteiger partial charge >= 0.3 is 0 Å². The summed E-state index contributed by atoms with van der Waals surface area (Å²) in [5, 5.41) is 17.7. The van der Waals surface area contributed by atoms with Crippen molar-refractivity contribution in [1.29, 1.82) is 0 Å². The maximum atomic E-state index is 11.2. The minimum atomic E-state index is -0.387. The Kier molecular flexibility index (Phi) is 3.60. The topological polar surface area (TPSA) is 85.7 Å². The van der Waals surface area contributed by atoms with Gasteiger partial charge in [0.05, 0.1) is 11.0 Å². The summed E-state index contributed by atoms with van der Waals surface area (Å²) < 4.78 is 10.9. The molecule has 0 radical (unpaired) electrons. The number of anilines is 1. The summed E-state index contributed by atoms with van der Waals surface area (Å²) in [6.07, 6.45) is 1.90. The average Bonchev–Trinajstić information content (AvgIpc) is 2.47. The lowest BCUT2D eigenvalue weighted by Gasteiger charge is -2.25. The van der Waals surface area contributed by atoms with E-state index < -0.39 is 0 Å². The molecule has 2 heterocycles. The highest BCUT2D eigenvalue weighted by Crippen LogP contribution is 2.39. The van der Waals surface area contributed by atoms with E-state index in [1.54, 1.807) is 6.07 Å². The molecule has 2 N–H and O–H groups in total. The van der Waals surface area contributed by atoms with E-state index in [0.29, 0.717) is 30.4 Å². The van der Waals surface area contributed by atoms with E-state index in [9.17, 15) is 10.1 Å². The van der Waals surface area contributed by atoms with E-state index in [1.165, 1.54) is 6.07 Å². The van der Waals surface area contributed by atoms with Crippen molar-refractivity contribution in [3.05, 3.63) is 22.2 Å². The van der Waals surface area contributed by atoms with Gasteiger partial charge in [0, 0.05) is 12.1 Å². The molecule has 0 amide bonds. The second-order valence-corrected chi connectivity index (χ2v) is 4.94. The Labute approximate surface area is 116 Å². The van der Waals surface area contributed by atoms with Gasteiger partial charge in [-0.15, -0.1) is 0 Å². The monoisotopic (exact) mass is 279 g/mol. The molecule has 0 aliphatic carbocycles. The standard InChI is InChI=1S/C13H17N3O4/c17-16(18)11-8-13-12(19-5-6-20-13)7-10(11)15-9-1-3-14-4-2-9/h7-9,14-15H,1-6H2. The first-order valence-corrected chi connectivity index (χ1v) is 6.79. The number of nitrogens with one attached hydrogen (secondary N) is 2.